The van der Waals surface area contributed by atoms with Crippen molar-refractivity contribution < 1.29 is 13.9 Å². The Labute approximate surface area is 172 Å². The van der Waals surface area contributed by atoms with Gasteiger partial charge < -0.3 is 19.7 Å². The van der Waals surface area contributed by atoms with Crippen molar-refractivity contribution in [2.24, 2.45) is 4.99 Å². The van der Waals surface area contributed by atoms with Gasteiger partial charge in [0.05, 0.1) is 14.2 Å². The standard InChI is InChI=1S/C23H30FN3O2/c1-5-25-23(26-20-15-18(20)17-8-6-7-9-19(17)24)27(2)13-12-16-10-11-21(28-3)22(14-16)29-4/h6-11,14,18,20H,5,12-13,15H2,1-4H3,(H,25,26). The maximum atomic E-state index is 14.0. The van der Waals surface area contributed by atoms with Gasteiger partial charge in [-0.15, -0.1) is 0 Å². The molecule has 5 nitrogen and oxygen atoms in total. The minimum Gasteiger partial charge on any atom is -0.493 e. The van der Waals surface area contributed by atoms with E-state index < -0.39 is 0 Å². The number of guanidine groups is 1. The van der Waals surface area contributed by atoms with Gasteiger partial charge in [0.15, 0.2) is 17.5 Å². The maximum absolute atomic E-state index is 14.0. The van der Waals surface area contributed by atoms with E-state index in [0.29, 0.717) is 6.54 Å². The molecule has 2 unspecified atom stereocenters. The van der Waals surface area contributed by atoms with E-state index in [0.717, 1.165) is 42.4 Å². The number of aliphatic imine (C=N–C) groups is 1. The molecule has 1 saturated carbocycles. The number of nitrogens with zero attached hydrogens (tertiary/aromatic N) is 2. The lowest BCUT2D eigenvalue weighted by molar-refractivity contribution is 0.354. The second-order valence-corrected chi connectivity index (χ2v) is 7.27. The number of rotatable bonds is 8. The van der Waals surface area contributed by atoms with Gasteiger partial charge in [0, 0.05) is 32.1 Å². The quantitative estimate of drug-likeness (QED) is 0.541. The van der Waals surface area contributed by atoms with Gasteiger partial charge in [-0.05, 0) is 49.1 Å². The zero-order valence-corrected chi connectivity index (χ0v) is 17.6. The van der Waals surface area contributed by atoms with Crippen LogP contribution in [-0.2, 0) is 6.42 Å². The summed E-state index contributed by atoms with van der Waals surface area (Å²) in [6, 6.07) is 13.2. The van der Waals surface area contributed by atoms with Crippen molar-refractivity contribution in [1.82, 2.24) is 10.2 Å². The fourth-order valence-electron chi connectivity index (χ4n) is 3.51. The summed E-state index contributed by atoms with van der Waals surface area (Å²) in [4.78, 5) is 6.74. The molecular formula is C23H30FN3O2. The first-order valence-corrected chi connectivity index (χ1v) is 10.0. The first kappa shape index (κ1) is 21.0. The Morgan fingerprint density at radius 3 is 2.62 bits per heavy atom. The highest BCUT2D eigenvalue weighted by Gasteiger charge is 2.40. The molecule has 0 aromatic heterocycles. The highest BCUT2D eigenvalue weighted by Crippen LogP contribution is 2.41. The lowest BCUT2D eigenvalue weighted by Crippen LogP contribution is -2.41. The molecule has 2 aromatic carbocycles. The third-order valence-electron chi connectivity index (χ3n) is 5.26. The predicted molar refractivity (Wildman–Crippen MR) is 115 cm³/mol. The summed E-state index contributed by atoms with van der Waals surface area (Å²) in [5, 5.41) is 3.51. The first-order valence-electron chi connectivity index (χ1n) is 10.0. The number of benzene rings is 2. The monoisotopic (exact) mass is 399 g/mol. The van der Waals surface area contributed by atoms with E-state index >= 15 is 0 Å². The third-order valence-corrected chi connectivity index (χ3v) is 5.26. The van der Waals surface area contributed by atoms with E-state index in [-0.39, 0.29) is 17.8 Å². The molecule has 0 spiro atoms. The van der Waals surface area contributed by atoms with Crippen molar-refractivity contribution in [2.75, 3.05) is 34.4 Å². The van der Waals surface area contributed by atoms with Gasteiger partial charge in [0.2, 0.25) is 0 Å². The van der Waals surface area contributed by atoms with Crippen LogP contribution < -0.4 is 14.8 Å². The molecule has 0 amide bonds. The molecule has 0 radical (unpaired) electrons. The Morgan fingerprint density at radius 1 is 1.17 bits per heavy atom. The van der Waals surface area contributed by atoms with Gasteiger partial charge in [-0.2, -0.15) is 0 Å². The van der Waals surface area contributed by atoms with Crippen LogP contribution in [0.4, 0.5) is 4.39 Å². The summed E-state index contributed by atoms with van der Waals surface area (Å²) in [7, 11) is 5.31. The molecule has 2 aromatic rings. The van der Waals surface area contributed by atoms with E-state index in [2.05, 4.69) is 15.2 Å². The molecule has 29 heavy (non-hydrogen) atoms. The third kappa shape index (κ3) is 5.19. The predicted octanol–water partition coefficient (Wildman–Crippen LogP) is 3.84. The minimum absolute atomic E-state index is 0.127. The zero-order chi connectivity index (χ0) is 20.8. The molecule has 0 bridgehead atoms. The minimum atomic E-state index is -0.127. The van der Waals surface area contributed by atoms with E-state index in [1.165, 1.54) is 11.6 Å². The molecule has 1 aliphatic rings. The average Bonchev–Trinajstić information content (AvgIpc) is 3.50. The molecule has 1 fully saturated rings. The van der Waals surface area contributed by atoms with Gasteiger partial charge in [0.1, 0.15) is 5.82 Å². The fraction of sp³-hybridized carbons (Fsp3) is 0.435. The second-order valence-electron chi connectivity index (χ2n) is 7.27. The number of ether oxygens (including phenoxy) is 2. The summed E-state index contributed by atoms with van der Waals surface area (Å²) in [6.07, 6.45) is 1.77. The molecule has 0 aliphatic heterocycles. The van der Waals surface area contributed by atoms with Crippen LogP contribution in [0, 0.1) is 5.82 Å². The smallest absolute Gasteiger partial charge is 0.193 e. The van der Waals surface area contributed by atoms with Gasteiger partial charge in [0.25, 0.3) is 0 Å². The largest absolute Gasteiger partial charge is 0.493 e. The van der Waals surface area contributed by atoms with Crippen molar-refractivity contribution in [1.29, 1.82) is 0 Å². The fourth-order valence-corrected chi connectivity index (χ4v) is 3.51. The Morgan fingerprint density at radius 2 is 1.93 bits per heavy atom. The van der Waals surface area contributed by atoms with E-state index in [1.54, 1.807) is 20.3 Å². The van der Waals surface area contributed by atoms with Gasteiger partial charge >= 0.3 is 0 Å². The van der Waals surface area contributed by atoms with Crippen LogP contribution in [0.25, 0.3) is 0 Å². The summed E-state index contributed by atoms with van der Waals surface area (Å²) >= 11 is 0. The SMILES string of the molecule is CCN=C(NC1CC1c1ccccc1F)N(C)CCc1ccc(OC)c(OC)c1. The summed E-state index contributed by atoms with van der Waals surface area (Å²) in [6.45, 7) is 3.52. The van der Waals surface area contributed by atoms with Crippen molar-refractivity contribution in [3.8, 4) is 11.5 Å². The van der Waals surface area contributed by atoms with Crippen LogP contribution in [0.3, 0.4) is 0 Å². The van der Waals surface area contributed by atoms with Gasteiger partial charge in [-0.1, -0.05) is 24.3 Å². The van der Waals surface area contributed by atoms with E-state index in [9.17, 15) is 4.39 Å². The highest BCUT2D eigenvalue weighted by atomic mass is 19.1. The molecular weight excluding hydrogens is 369 g/mol. The number of methoxy groups -OCH3 is 2. The molecule has 0 heterocycles. The van der Waals surface area contributed by atoms with E-state index in [1.807, 2.05) is 44.3 Å². The lowest BCUT2D eigenvalue weighted by atomic mass is 10.1. The second kappa shape index (κ2) is 9.63. The molecule has 6 heteroatoms. The van der Waals surface area contributed by atoms with Crippen molar-refractivity contribution in [3.05, 3.63) is 59.4 Å². The first-order chi connectivity index (χ1) is 14.1. The maximum Gasteiger partial charge on any atom is 0.193 e. The number of halogens is 1. The molecule has 1 N–H and O–H groups in total. The molecule has 3 rings (SSSR count). The number of likely N-dealkylation sites (N-methyl/N-ethyl adjacent to an activating group) is 1. The van der Waals surface area contributed by atoms with Crippen LogP contribution in [0.15, 0.2) is 47.5 Å². The van der Waals surface area contributed by atoms with Gasteiger partial charge in [-0.3, -0.25) is 4.99 Å². The summed E-state index contributed by atoms with van der Waals surface area (Å²) in [5.74, 6) is 2.40. The van der Waals surface area contributed by atoms with Crippen LogP contribution in [0.2, 0.25) is 0 Å². The van der Waals surface area contributed by atoms with Crippen LogP contribution in [-0.4, -0.2) is 51.3 Å². The Balaban J connectivity index is 1.59. The molecule has 156 valence electrons. The van der Waals surface area contributed by atoms with E-state index in [4.69, 9.17) is 9.47 Å². The highest BCUT2D eigenvalue weighted by molar-refractivity contribution is 5.80. The Bertz CT molecular complexity index is 856. The summed E-state index contributed by atoms with van der Waals surface area (Å²) in [5.41, 5.74) is 1.95. The average molecular weight is 400 g/mol. The zero-order valence-electron chi connectivity index (χ0n) is 17.6. The Hall–Kier alpha value is -2.76. The number of hydrogen-bond donors (Lipinski definition) is 1. The lowest BCUT2D eigenvalue weighted by Gasteiger charge is -2.23. The number of hydrogen-bond acceptors (Lipinski definition) is 3. The van der Waals surface area contributed by atoms with Crippen LogP contribution >= 0.6 is 0 Å². The molecule has 1 aliphatic carbocycles. The van der Waals surface area contributed by atoms with Crippen molar-refractivity contribution in [2.45, 2.75) is 31.7 Å². The van der Waals surface area contributed by atoms with Crippen LogP contribution in [0.5, 0.6) is 11.5 Å². The Kier molecular flexibility index (Phi) is 6.96. The molecule has 0 saturated heterocycles. The van der Waals surface area contributed by atoms with Gasteiger partial charge in [-0.25, -0.2) is 4.39 Å². The number of nitrogens with one attached hydrogen (secondary N) is 1. The topological polar surface area (TPSA) is 46.1 Å². The molecule has 2 atom stereocenters. The van der Waals surface area contributed by atoms with Crippen molar-refractivity contribution in [3.63, 3.8) is 0 Å². The van der Waals surface area contributed by atoms with Crippen molar-refractivity contribution >= 4 is 5.96 Å². The summed E-state index contributed by atoms with van der Waals surface area (Å²) < 4.78 is 24.7. The van der Waals surface area contributed by atoms with Crippen LogP contribution in [0.1, 0.15) is 30.4 Å². The normalized spacial score (nSPS) is 18.3.